The first kappa shape index (κ1) is 11.8. The van der Waals surface area contributed by atoms with Crippen molar-refractivity contribution in [2.75, 3.05) is 6.54 Å². The Bertz CT molecular complexity index is 294. The molecule has 0 aliphatic carbocycles. The Morgan fingerprint density at radius 3 is 2.80 bits per heavy atom. The van der Waals surface area contributed by atoms with Crippen molar-refractivity contribution < 1.29 is 9.21 Å². The number of rotatable bonds is 5. The maximum absolute atomic E-state index is 11.7. The van der Waals surface area contributed by atoms with Crippen molar-refractivity contribution in [2.45, 2.75) is 26.3 Å². The van der Waals surface area contributed by atoms with Gasteiger partial charge >= 0.3 is 0 Å². The van der Waals surface area contributed by atoms with Gasteiger partial charge in [0.2, 0.25) is 5.91 Å². The maximum Gasteiger partial charge on any atom is 0.224 e. The second kappa shape index (κ2) is 5.56. The molecular weight excluding hydrogens is 192 g/mol. The number of furan rings is 1. The van der Waals surface area contributed by atoms with Crippen molar-refractivity contribution in [3.05, 3.63) is 24.2 Å². The van der Waals surface area contributed by atoms with E-state index in [4.69, 9.17) is 10.2 Å². The highest BCUT2D eigenvalue weighted by Gasteiger charge is 2.18. The molecule has 0 spiro atoms. The zero-order valence-corrected chi connectivity index (χ0v) is 9.19. The Labute approximate surface area is 89.8 Å². The highest BCUT2D eigenvalue weighted by atomic mass is 16.3. The largest absolute Gasteiger partial charge is 0.472 e. The number of nitrogens with one attached hydrogen (secondary N) is 1. The number of carbonyl (C=O) groups is 1. The minimum absolute atomic E-state index is 0.00806. The summed E-state index contributed by atoms with van der Waals surface area (Å²) in [5, 5.41) is 2.86. The Kier molecular flexibility index (Phi) is 4.37. The summed E-state index contributed by atoms with van der Waals surface area (Å²) in [6, 6.07) is 2.00. The van der Waals surface area contributed by atoms with E-state index >= 15 is 0 Å². The first-order valence-electron chi connectivity index (χ1n) is 5.15. The van der Waals surface area contributed by atoms with Crippen molar-refractivity contribution in [3.8, 4) is 0 Å². The van der Waals surface area contributed by atoms with Gasteiger partial charge in [-0.05, 0) is 31.9 Å². The molecule has 1 unspecified atom stereocenters. The Hall–Kier alpha value is -1.29. The fourth-order valence-corrected chi connectivity index (χ4v) is 1.38. The Morgan fingerprint density at radius 1 is 1.60 bits per heavy atom. The molecule has 1 aromatic heterocycles. The predicted molar refractivity (Wildman–Crippen MR) is 58.2 cm³/mol. The summed E-state index contributed by atoms with van der Waals surface area (Å²) in [5.41, 5.74) is 6.58. The molecule has 4 heteroatoms. The zero-order chi connectivity index (χ0) is 11.3. The predicted octanol–water partition coefficient (Wildman–Crippen LogP) is 0.922. The Balaban J connectivity index is 2.52. The lowest BCUT2D eigenvalue weighted by atomic mass is 10.0. The second-order valence-electron chi connectivity index (χ2n) is 3.93. The molecular formula is C11H18N2O2. The quantitative estimate of drug-likeness (QED) is 0.759. The highest BCUT2D eigenvalue weighted by molar-refractivity contribution is 5.79. The normalized spacial score (nSPS) is 12.8. The molecule has 0 radical (unpaired) electrons. The molecule has 0 bridgehead atoms. The molecule has 0 aromatic carbocycles. The number of nitrogens with two attached hydrogens (primary N) is 1. The van der Waals surface area contributed by atoms with E-state index < -0.39 is 0 Å². The molecule has 0 saturated heterocycles. The summed E-state index contributed by atoms with van der Waals surface area (Å²) in [5.74, 6) is -0.168. The lowest BCUT2D eigenvalue weighted by molar-refractivity contribution is -0.125. The Morgan fingerprint density at radius 2 is 2.33 bits per heavy atom. The van der Waals surface area contributed by atoms with Crippen LogP contribution in [0.25, 0.3) is 0 Å². The molecule has 1 heterocycles. The minimum Gasteiger partial charge on any atom is -0.472 e. The average molecular weight is 210 g/mol. The summed E-state index contributed by atoms with van der Waals surface area (Å²) in [6.07, 6.45) is 3.88. The first-order valence-corrected chi connectivity index (χ1v) is 5.15. The van der Waals surface area contributed by atoms with E-state index in [1.165, 1.54) is 0 Å². The number of hydrogen-bond acceptors (Lipinski definition) is 3. The van der Waals surface area contributed by atoms with Crippen LogP contribution in [0.4, 0.5) is 0 Å². The van der Waals surface area contributed by atoms with Crippen LogP contribution >= 0.6 is 0 Å². The molecule has 0 fully saturated rings. The van der Waals surface area contributed by atoms with Crippen LogP contribution in [0.1, 0.15) is 19.4 Å². The lowest BCUT2D eigenvalue weighted by Gasteiger charge is -2.15. The fraction of sp³-hybridized carbons (Fsp3) is 0.545. The smallest absolute Gasteiger partial charge is 0.224 e. The van der Waals surface area contributed by atoms with Crippen LogP contribution < -0.4 is 11.1 Å². The van der Waals surface area contributed by atoms with Crippen molar-refractivity contribution in [3.63, 3.8) is 0 Å². The van der Waals surface area contributed by atoms with Gasteiger partial charge < -0.3 is 15.5 Å². The van der Waals surface area contributed by atoms with E-state index in [1.54, 1.807) is 12.5 Å². The molecule has 3 N–H and O–H groups in total. The van der Waals surface area contributed by atoms with Gasteiger partial charge in [-0.15, -0.1) is 0 Å². The van der Waals surface area contributed by atoms with Crippen LogP contribution in [-0.4, -0.2) is 18.5 Å². The topological polar surface area (TPSA) is 68.3 Å². The third-order valence-electron chi connectivity index (χ3n) is 2.15. The van der Waals surface area contributed by atoms with Gasteiger partial charge in [-0.3, -0.25) is 4.79 Å². The average Bonchev–Trinajstić information content (AvgIpc) is 2.65. The molecule has 84 valence electrons. The summed E-state index contributed by atoms with van der Waals surface area (Å²) in [6.45, 7) is 4.22. The molecule has 0 saturated carbocycles. The second-order valence-corrected chi connectivity index (χ2v) is 3.93. The van der Waals surface area contributed by atoms with Crippen molar-refractivity contribution in [2.24, 2.45) is 11.7 Å². The maximum atomic E-state index is 11.7. The SMILES string of the molecule is CC(C)NC(=O)C(CN)Cc1ccoc1. The molecule has 0 aliphatic rings. The van der Waals surface area contributed by atoms with Crippen LogP contribution in [0.5, 0.6) is 0 Å². The van der Waals surface area contributed by atoms with Gasteiger partial charge in [0.15, 0.2) is 0 Å². The number of amides is 1. The monoisotopic (exact) mass is 210 g/mol. The number of hydrogen-bond donors (Lipinski definition) is 2. The molecule has 1 atom stereocenters. The van der Waals surface area contributed by atoms with Gasteiger partial charge in [0.05, 0.1) is 18.4 Å². The van der Waals surface area contributed by atoms with Crippen molar-refractivity contribution >= 4 is 5.91 Å². The van der Waals surface area contributed by atoms with Crippen LogP contribution in [0.2, 0.25) is 0 Å². The van der Waals surface area contributed by atoms with E-state index in [0.717, 1.165) is 5.56 Å². The van der Waals surface area contributed by atoms with Crippen LogP contribution in [0, 0.1) is 5.92 Å². The summed E-state index contributed by atoms with van der Waals surface area (Å²) >= 11 is 0. The molecule has 1 aromatic rings. The summed E-state index contributed by atoms with van der Waals surface area (Å²) in [4.78, 5) is 11.7. The van der Waals surface area contributed by atoms with E-state index in [2.05, 4.69) is 5.32 Å². The lowest BCUT2D eigenvalue weighted by Crippen LogP contribution is -2.39. The molecule has 4 nitrogen and oxygen atoms in total. The van der Waals surface area contributed by atoms with Gasteiger partial charge in [-0.1, -0.05) is 0 Å². The van der Waals surface area contributed by atoms with E-state index in [1.807, 2.05) is 19.9 Å². The number of carbonyl (C=O) groups excluding carboxylic acids is 1. The van der Waals surface area contributed by atoms with E-state index in [-0.39, 0.29) is 17.9 Å². The van der Waals surface area contributed by atoms with Gasteiger partial charge in [0.25, 0.3) is 0 Å². The van der Waals surface area contributed by atoms with E-state index in [9.17, 15) is 4.79 Å². The van der Waals surface area contributed by atoms with Crippen LogP contribution in [0.3, 0.4) is 0 Å². The third-order valence-corrected chi connectivity index (χ3v) is 2.15. The standard InChI is InChI=1S/C11H18N2O2/c1-8(2)13-11(14)10(6-12)5-9-3-4-15-7-9/h3-4,7-8,10H,5-6,12H2,1-2H3,(H,13,14). The zero-order valence-electron chi connectivity index (χ0n) is 9.19. The molecule has 1 rings (SSSR count). The molecule has 15 heavy (non-hydrogen) atoms. The molecule has 0 aliphatic heterocycles. The van der Waals surface area contributed by atoms with Crippen molar-refractivity contribution in [1.82, 2.24) is 5.32 Å². The summed E-state index contributed by atoms with van der Waals surface area (Å²) < 4.78 is 4.95. The van der Waals surface area contributed by atoms with Crippen LogP contribution in [0.15, 0.2) is 23.0 Å². The van der Waals surface area contributed by atoms with E-state index in [0.29, 0.717) is 13.0 Å². The van der Waals surface area contributed by atoms with Gasteiger partial charge in [0, 0.05) is 12.6 Å². The highest BCUT2D eigenvalue weighted by Crippen LogP contribution is 2.08. The molecule has 1 amide bonds. The minimum atomic E-state index is -0.176. The fourth-order valence-electron chi connectivity index (χ4n) is 1.38. The van der Waals surface area contributed by atoms with Crippen molar-refractivity contribution in [1.29, 1.82) is 0 Å². The van der Waals surface area contributed by atoms with Gasteiger partial charge in [0.1, 0.15) is 0 Å². The van der Waals surface area contributed by atoms with Crippen LogP contribution in [-0.2, 0) is 11.2 Å². The third kappa shape index (κ3) is 3.75. The first-order chi connectivity index (χ1) is 7.13. The summed E-state index contributed by atoms with van der Waals surface area (Å²) in [7, 11) is 0. The van der Waals surface area contributed by atoms with Gasteiger partial charge in [-0.25, -0.2) is 0 Å². The van der Waals surface area contributed by atoms with Gasteiger partial charge in [-0.2, -0.15) is 0 Å².